The van der Waals surface area contributed by atoms with Crippen molar-refractivity contribution in [1.29, 1.82) is 0 Å². The van der Waals surface area contributed by atoms with Gasteiger partial charge in [0.05, 0.1) is 11.1 Å². The standard InChI is InChI=1S/C15H9F6N3OS/c1-7-5-24-6-11(23-13(24)26-7)12(25)22-10-3-8(14(16,17)18)2-9(4-10)15(19,20)21/h2-6H,1H3,(H,22,25). The second kappa shape index (κ2) is 6.01. The number of carbonyl (C=O) groups is 1. The number of amides is 1. The first kappa shape index (κ1) is 18.2. The summed E-state index contributed by atoms with van der Waals surface area (Å²) < 4.78 is 78.6. The van der Waals surface area contributed by atoms with Crippen molar-refractivity contribution in [2.24, 2.45) is 0 Å². The molecule has 11 heteroatoms. The van der Waals surface area contributed by atoms with Crippen LogP contribution in [-0.4, -0.2) is 15.3 Å². The van der Waals surface area contributed by atoms with Gasteiger partial charge in [0.1, 0.15) is 5.69 Å². The Morgan fingerprint density at radius 1 is 1.04 bits per heavy atom. The zero-order valence-corrected chi connectivity index (χ0v) is 13.7. The molecule has 1 aromatic carbocycles. The van der Waals surface area contributed by atoms with Gasteiger partial charge in [0, 0.05) is 23.0 Å². The van der Waals surface area contributed by atoms with Crippen LogP contribution in [0.25, 0.3) is 4.96 Å². The normalized spacial score (nSPS) is 12.6. The van der Waals surface area contributed by atoms with Crippen LogP contribution in [0.4, 0.5) is 32.0 Å². The molecule has 4 nitrogen and oxygen atoms in total. The molecule has 0 radical (unpaired) electrons. The highest BCUT2D eigenvalue weighted by atomic mass is 32.1. The van der Waals surface area contributed by atoms with Gasteiger partial charge in [-0.2, -0.15) is 26.3 Å². The second-order valence-electron chi connectivity index (χ2n) is 5.41. The van der Waals surface area contributed by atoms with Crippen molar-refractivity contribution >= 4 is 27.9 Å². The number of halogens is 6. The lowest BCUT2D eigenvalue weighted by atomic mass is 10.1. The van der Waals surface area contributed by atoms with E-state index in [2.05, 4.69) is 4.98 Å². The summed E-state index contributed by atoms with van der Waals surface area (Å²) in [6.07, 6.45) is -6.95. The molecule has 0 saturated heterocycles. The Bertz CT molecular complexity index is 922. The first-order chi connectivity index (χ1) is 11.9. The number of benzene rings is 1. The molecule has 138 valence electrons. The molecule has 0 aliphatic rings. The van der Waals surface area contributed by atoms with Crippen LogP contribution >= 0.6 is 11.3 Å². The van der Waals surface area contributed by atoms with Crippen LogP contribution in [0.5, 0.6) is 0 Å². The Balaban J connectivity index is 1.94. The van der Waals surface area contributed by atoms with Crippen molar-refractivity contribution in [2.45, 2.75) is 19.3 Å². The molecule has 0 aliphatic carbocycles. The van der Waals surface area contributed by atoms with Crippen LogP contribution in [0.2, 0.25) is 0 Å². The average Bonchev–Trinajstić information content (AvgIpc) is 3.02. The highest BCUT2D eigenvalue weighted by Gasteiger charge is 2.37. The molecule has 2 heterocycles. The minimum atomic E-state index is -4.99. The summed E-state index contributed by atoms with van der Waals surface area (Å²) in [5.41, 5.74) is -3.76. The third-order valence-corrected chi connectivity index (χ3v) is 4.26. The monoisotopic (exact) mass is 393 g/mol. The Morgan fingerprint density at radius 3 is 2.12 bits per heavy atom. The molecular formula is C15H9F6N3OS. The van der Waals surface area contributed by atoms with Gasteiger partial charge in [0.2, 0.25) is 0 Å². The van der Waals surface area contributed by atoms with Gasteiger partial charge in [-0.3, -0.25) is 9.20 Å². The minimum Gasteiger partial charge on any atom is -0.321 e. The maximum atomic E-state index is 12.8. The summed E-state index contributed by atoms with van der Waals surface area (Å²) in [7, 11) is 0. The van der Waals surface area contributed by atoms with Gasteiger partial charge in [-0.25, -0.2) is 4.98 Å². The number of alkyl halides is 6. The topological polar surface area (TPSA) is 46.4 Å². The summed E-state index contributed by atoms with van der Waals surface area (Å²) in [6, 6.07) is 0.871. The van der Waals surface area contributed by atoms with Gasteiger partial charge in [-0.15, -0.1) is 11.3 Å². The van der Waals surface area contributed by atoms with E-state index in [-0.39, 0.29) is 11.8 Å². The van der Waals surface area contributed by atoms with Gasteiger partial charge in [0.25, 0.3) is 5.91 Å². The Kier molecular flexibility index (Phi) is 4.21. The fraction of sp³-hybridized carbons (Fsp3) is 0.200. The summed E-state index contributed by atoms with van der Waals surface area (Å²) in [5, 5.41) is 2.04. The van der Waals surface area contributed by atoms with Crippen LogP contribution in [-0.2, 0) is 12.4 Å². The summed E-state index contributed by atoms with van der Waals surface area (Å²) in [5.74, 6) is -0.911. The molecule has 0 spiro atoms. The largest absolute Gasteiger partial charge is 0.416 e. The third-order valence-electron chi connectivity index (χ3n) is 3.35. The van der Waals surface area contributed by atoms with Crippen LogP contribution in [0.1, 0.15) is 26.5 Å². The van der Waals surface area contributed by atoms with Crippen molar-refractivity contribution in [3.8, 4) is 0 Å². The van der Waals surface area contributed by atoms with Gasteiger partial charge in [0.15, 0.2) is 4.96 Å². The first-order valence-corrected chi connectivity index (χ1v) is 7.81. The summed E-state index contributed by atoms with van der Waals surface area (Å²) in [4.78, 5) is 17.5. The number of nitrogens with one attached hydrogen (secondary N) is 1. The number of anilines is 1. The van der Waals surface area contributed by atoms with Crippen LogP contribution in [0.3, 0.4) is 0 Å². The fourth-order valence-electron chi connectivity index (χ4n) is 2.24. The van der Waals surface area contributed by atoms with Crippen LogP contribution in [0.15, 0.2) is 30.6 Å². The number of aromatic nitrogens is 2. The Labute approximate surface area is 146 Å². The van der Waals surface area contributed by atoms with Crippen molar-refractivity contribution in [3.63, 3.8) is 0 Å². The Hall–Kier alpha value is -2.56. The van der Waals surface area contributed by atoms with Crippen molar-refractivity contribution in [3.05, 3.63) is 52.3 Å². The average molecular weight is 393 g/mol. The van der Waals surface area contributed by atoms with E-state index in [9.17, 15) is 31.1 Å². The number of rotatable bonds is 2. The molecule has 1 N–H and O–H groups in total. The van der Waals surface area contributed by atoms with Crippen molar-refractivity contribution in [2.75, 3.05) is 5.32 Å². The second-order valence-corrected chi connectivity index (χ2v) is 6.62. The van der Waals surface area contributed by atoms with E-state index in [1.165, 1.54) is 17.5 Å². The highest BCUT2D eigenvalue weighted by Crippen LogP contribution is 2.37. The van der Waals surface area contributed by atoms with E-state index in [0.717, 1.165) is 4.88 Å². The van der Waals surface area contributed by atoms with Crippen molar-refractivity contribution in [1.82, 2.24) is 9.38 Å². The number of imidazole rings is 1. The minimum absolute atomic E-state index is 0.00890. The van der Waals surface area contributed by atoms with E-state index in [1.54, 1.807) is 10.6 Å². The van der Waals surface area contributed by atoms with E-state index < -0.39 is 35.1 Å². The molecule has 0 bridgehead atoms. The maximum absolute atomic E-state index is 12.8. The zero-order valence-electron chi connectivity index (χ0n) is 12.9. The highest BCUT2D eigenvalue weighted by molar-refractivity contribution is 7.17. The predicted octanol–water partition coefficient (Wildman–Crippen LogP) is 4.99. The molecular weight excluding hydrogens is 384 g/mol. The number of hydrogen-bond acceptors (Lipinski definition) is 3. The Morgan fingerprint density at radius 2 is 1.62 bits per heavy atom. The molecule has 0 aliphatic heterocycles. The number of nitrogens with zero attached hydrogens (tertiary/aromatic N) is 2. The van der Waals surface area contributed by atoms with E-state index >= 15 is 0 Å². The molecule has 0 unspecified atom stereocenters. The van der Waals surface area contributed by atoms with Gasteiger partial charge in [-0.1, -0.05) is 0 Å². The molecule has 0 atom stereocenters. The molecule has 0 saturated carbocycles. The molecule has 0 fully saturated rings. The van der Waals surface area contributed by atoms with Crippen molar-refractivity contribution < 1.29 is 31.1 Å². The van der Waals surface area contributed by atoms with Gasteiger partial charge < -0.3 is 5.32 Å². The number of hydrogen-bond donors (Lipinski definition) is 1. The molecule has 2 aromatic heterocycles. The SMILES string of the molecule is Cc1cn2cc(C(=O)Nc3cc(C(F)(F)F)cc(C(F)(F)F)c3)nc2s1. The zero-order chi connectivity index (χ0) is 19.3. The number of carbonyl (C=O) groups excluding carboxylic acids is 1. The number of fused-ring (bicyclic) bond motifs is 1. The molecule has 3 rings (SSSR count). The maximum Gasteiger partial charge on any atom is 0.416 e. The van der Waals surface area contributed by atoms with Gasteiger partial charge >= 0.3 is 12.4 Å². The summed E-state index contributed by atoms with van der Waals surface area (Å²) in [6.45, 7) is 1.82. The lowest BCUT2D eigenvalue weighted by molar-refractivity contribution is -0.143. The lowest BCUT2D eigenvalue weighted by Crippen LogP contribution is -2.16. The summed E-state index contributed by atoms with van der Waals surface area (Å²) >= 11 is 1.28. The van der Waals surface area contributed by atoms with E-state index in [1.807, 2.05) is 12.2 Å². The van der Waals surface area contributed by atoms with E-state index in [4.69, 9.17) is 0 Å². The van der Waals surface area contributed by atoms with Crippen LogP contribution < -0.4 is 5.32 Å². The predicted molar refractivity (Wildman–Crippen MR) is 82.2 cm³/mol. The van der Waals surface area contributed by atoms with Gasteiger partial charge in [-0.05, 0) is 25.1 Å². The molecule has 3 aromatic rings. The van der Waals surface area contributed by atoms with Crippen LogP contribution in [0, 0.1) is 6.92 Å². The smallest absolute Gasteiger partial charge is 0.321 e. The first-order valence-electron chi connectivity index (χ1n) is 6.99. The molecule has 1 amide bonds. The number of aryl methyl sites for hydroxylation is 1. The fourth-order valence-corrected chi connectivity index (χ4v) is 3.05. The third kappa shape index (κ3) is 3.66. The molecule has 26 heavy (non-hydrogen) atoms. The number of thiazole rings is 1. The van der Waals surface area contributed by atoms with E-state index in [0.29, 0.717) is 17.1 Å². The quantitative estimate of drug-likeness (QED) is 0.624. The lowest BCUT2D eigenvalue weighted by Gasteiger charge is -2.14.